The lowest BCUT2D eigenvalue weighted by Crippen LogP contribution is -2.31. The number of benzene rings is 1. The van der Waals surface area contributed by atoms with Crippen molar-refractivity contribution in [2.45, 2.75) is 58.2 Å². The van der Waals surface area contributed by atoms with Gasteiger partial charge in [0.05, 0.1) is 6.54 Å². The number of hydrogen-bond acceptors (Lipinski definition) is 2. The number of aromatic nitrogens is 2. The van der Waals surface area contributed by atoms with E-state index in [1.165, 1.54) is 43.2 Å². The predicted molar refractivity (Wildman–Crippen MR) is 86.2 cm³/mol. The van der Waals surface area contributed by atoms with E-state index in [1.807, 2.05) is 6.20 Å². The van der Waals surface area contributed by atoms with Gasteiger partial charge in [0, 0.05) is 25.0 Å². The molecule has 0 spiro atoms. The SMILES string of the molecule is Cc1ccccc1Cn1ccnc1CNC1CCCCC1. The molecule has 1 heterocycles. The van der Waals surface area contributed by atoms with Crippen LogP contribution in [0.5, 0.6) is 0 Å². The van der Waals surface area contributed by atoms with Crippen LogP contribution in [0.2, 0.25) is 0 Å². The Balaban J connectivity index is 1.62. The van der Waals surface area contributed by atoms with Gasteiger partial charge in [0.1, 0.15) is 5.82 Å². The summed E-state index contributed by atoms with van der Waals surface area (Å²) in [4.78, 5) is 4.53. The van der Waals surface area contributed by atoms with Crippen molar-refractivity contribution in [1.29, 1.82) is 0 Å². The van der Waals surface area contributed by atoms with Crippen LogP contribution in [0.25, 0.3) is 0 Å². The first kappa shape index (κ1) is 14.3. The minimum absolute atomic E-state index is 0.683. The second kappa shape index (κ2) is 6.90. The van der Waals surface area contributed by atoms with Crippen molar-refractivity contribution in [3.05, 3.63) is 53.6 Å². The molecule has 1 aliphatic rings. The molecule has 1 saturated carbocycles. The van der Waals surface area contributed by atoms with E-state index in [0.717, 1.165) is 18.9 Å². The van der Waals surface area contributed by atoms with E-state index in [4.69, 9.17) is 0 Å². The number of nitrogens with one attached hydrogen (secondary N) is 1. The molecule has 1 aliphatic carbocycles. The van der Waals surface area contributed by atoms with Gasteiger partial charge in [-0.2, -0.15) is 0 Å². The Morgan fingerprint density at radius 2 is 2.00 bits per heavy atom. The lowest BCUT2D eigenvalue weighted by molar-refractivity contribution is 0.367. The van der Waals surface area contributed by atoms with Crippen LogP contribution in [-0.2, 0) is 13.1 Å². The lowest BCUT2D eigenvalue weighted by atomic mass is 9.95. The minimum atomic E-state index is 0.683. The molecule has 1 N–H and O–H groups in total. The second-order valence-electron chi connectivity index (χ2n) is 6.11. The van der Waals surface area contributed by atoms with Gasteiger partial charge >= 0.3 is 0 Å². The topological polar surface area (TPSA) is 29.9 Å². The Morgan fingerprint density at radius 3 is 2.81 bits per heavy atom. The summed E-state index contributed by atoms with van der Waals surface area (Å²) >= 11 is 0. The maximum atomic E-state index is 4.53. The number of aryl methyl sites for hydroxylation is 1. The Bertz CT molecular complexity index is 567. The molecule has 0 aliphatic heterocycles. The highest BCUT2D eigenvalue weighted by Gasteiger charge is 2.13. The zero-order chi connectivity index (χ0) is 14.5. The van der Waals surface area contributed by atoms with E-state index >= 15 is 0 Å². The van der Waals surface area contributed by atoms with Crippen LogP contribution in [0.4, 0.5) is 0 Å². The van der Waals surface area contributed by atoms with Crippen molar-refractivity contribution in [3.8, 4) is 0 Å². The molecule has 112 valence electrons. The van der Waals surface area contributed by atoms with Gasteiger partial charge in [-0.1, -0.05) is 43.5 Å². The summed E-state index contributed by atoms with van der Waals surface area (Å²) in [5.41, 5.74) is 2.71. The molecule has 0 amide bonds. The normalized spacial score (nSPS) is 16.2. The molecule has 0 bridgehead atoms. The average molecular weight is 283 g/mol. The molecule has 0 unspecified atom stereocenters. The van der Waals surface area contributed by atoms with Crippen LogP contribution >= 0.6 is 0 Å². The number of rotatable bonds is 5. The molecule has 2 aromatic rings. The first-order valence-corrected chi connectivity index (χ1v) is 8.11. The Morgan fingerprint density at radius 1 is 1.19 bits per heavy atom. The second-order valence-corrected chi connectivity index (χ2v) is 6.11. The number of imidazole rings is 1. The summed E-state index contributed by atoms with van der Waals surface area (Å²) in [6, 6.07) is 9.26. The van der Waals surface area contributed by atoms with Crippen molar-refractivity contribution in [3.63, 3.8) is 0 Å². The lowest BCUT2D eigenvalue weighted by Gasteiger charge is -2.23. The first-order valence-electron chi connectivity index (χ1n) is 8.11. The molecule has 0 saturated heterocycles. The zero-order valence-electron chi connectivity index (χ0n) is 12.9. The van der Waals surface area contributed by atoms with E-state index in [1.54, 1.807) is 0 Å². The summed E-state index contributed by atoms with van der Waals surface area (Å²) in [5, 5.41) is 3.68. The van der Waals surface area contributed by atoms with E-state index in [2.05, 4.69) is 52.3 Å². The molecule has 1 aromatic heterocycles. The fourth-order valence-electron chi connectivity index (χ4n) is 3.16. The molecule has 3 rings (SSSR count). The maximum absolute atomic E-state index is 4.53. The Hall–Kier alpha value is -1.61. The molecular weight excluding hydrogens is 258 g/mol. The van der Waals surface area contributed by atoms with Crippen LogP contribution < -0.4 is 5.32 Å². The minimum Gasteiger partial charge on any atom is -0.329 e. The smallest absolute Gasteiger partial charge is 0.122 e. The highest BCUT2D eigenvalue weighted by Crippen LogP contribution is 2.18. The van der Waals surface area contributed by atoms with Gasteiger partial charge in [-0.05, 0) is 30.9 Å². The Kier molecular flexibility index (Phi) is 4.71. The highest BCUT2D eigenvalue weighted by atomic mass is 15.1. The van der Waals surface area contributed by atoms with E-state index < -0.39 is 0 Å². The molecule has 21 heavy (non-hydrogen) atoms. The third kappa shape index (κ3) is 3.73. The predicted octanol–water partition coefficient (Wildman–Crippen LogP) is 3.66. The van der Waals surface area contributed by atoms with Crippen molar-refractivity contribution in [2.24, 2.45) is 0 Å². The van der Waals surface area contributed by atoms with Gasteiger partial charge in [0.25, 0.3) is 0 Å². The van der Waals surface area contributed by atoms with Crippen molar-refractivity contribution in [2.75, 3.05) is 0 Å². The summed E-state index contributed by atoms with van der Waals surface area (Å²) in [5.74, 6) is 1.14. The third-order valence-corrected chi connectivity index (χ3v) is 4.56. The standard InChI is InChI=1S/C18H25N3/c1-15-7-5-6-8-16(15)14-21-12-11-19-18(21)13-20-17-9-3-2-4-10-17/h5-8,11-12,17,20H,2-4,9-10,13-14H2,1H3. The monoisotopic (exact) mass is 283 g/mol. The van der Waals surface area contributed by atoms with Crippen LogP contribution in [-0.4, -0.2) is 15.6 Å². The van der Waals surface area contributed by atoms with Gasteiger partial charge in [-0.15, -0.1) is 0 Å². The number of hydrogen-bond donors (Lipinski definition) is 1. The molecule has 3 nitrogen and oxygen atoms in total. The fourth-order valence-corrected chi connectivity index (χ4v) is 3.16. The molecule has 1 fully saturated rings. The largest absolute Gasteiger partial charge is 0.329 e. The van der Waals surface area contributed by atoms with Crippen molar-refractivity contribution in [1.82, 2.24) is 14.9 Å². The molecule has 0 atom stereocenters. The van der Waals surface area contributed by atoms with E-state index in [-0.39, 0.29) is 0 Å². The third-order valence-electron chi connectivity index (χ3n) is 4.56. The molecule has 3 heteroatoms. The van der Waals surface area contributed by atoms with Gasteiger partial charge < -0.3 is 9.88 Å². The highest BCUT2D eigenvalue weighted by molar-refractivity contribution is 5.26. The first-order chi connectivity index (χ1) is 10.3. The van der Waals surface area contributed by atoms with Gasteiger partial charge in [0.15, 0.2) is 0 Å². The summed E-state index contributed by atoms with van der Waals surface area (Å²) in [6.07, 6.45) is 10.8. The van der Waals surface area contributed by atoms with E-state index in [9.17, 15) is 0 Å². The fraction of sp³-hybridized carbons (Fsp3) is 0.500. The summed E-state index contributed by atoms with van der Waals surface area (Å²) in [7, 11) is 0. The van der Waals surface area contributed by atoms with Crippen molar-refractivity contribution < 1.29 is 0 Å². The zero-order valence-corrected chi connectivity index (χ0v) is 12.9. The molecule has 0 radical (unpaired) electrons. The van der Waals surface area contributed by atoms with Crippen molar-refractivity contribution >= 4 is 0 Å². The van der Waals surface area contributed by atoms with Crippen LogP contribution in [0.15, 0.2) is 36.7 Å². The summed E-state index contributed by atoms with van der Waals surface area (Å²) in [6.45, 7) is 3.96. The van der Waals surface area contributed by atoms with Crippen LogP contribution in [0.3, 0.4) is 0 Å². The maximum Gasteiger partial charge on any atom is 0.122 e. The van der Waals surface area contributed by atoms with Crippen LogP contribution in [0, 0.1) is 6.92 Å². The number of nitrogens with zero attached hydrogens (tertiary/aromatic N) is 2. The van der Waals surface area contributed by atoms with E-state index in [0.29, 0.717) is 6.04 Å². The van der Waals surface area contributed by atoms with Gasteiger partial charge in [0.2, 0.25) is 0 Å². The quantitative estimate of drug-likeness (QED) is 0.907. The average Bonchev–Trinajstić information content (AvgIpc) is 2.96. The Labute approximate surface area is 127 Å². The van der Waals surface area contributed by atoms with Gasteiger partial charge in [-0.3, -0.25) is 0 Å². The molecular formula is C18H25N3. The van der Waals surface area contributed by atoms with Gasteiger partial charge in [-0.25, -0.2) is 4.98 Å². The van der Waals surface area contributed by atoms with Crippen LogP contribution in [0.1, 0.15) is 49.1 Å². The summed E-state index contributed by atoms with van der Waals surface area (Å²) < 4.78 is 2.26. The molecule has 1 aromatic carbocycles.